The second-order valence-corrected chi connectivity index (χ2v) is 4.36. The quantitative estimate of drug-likeness (QED) is 0.792. The minimum atomic E-state index is -0.876. The van der Waals surface area contributed by atoms with E-state index in [1.807, 2.05) is 0 Å². The van der Waals surface area contributed by atoms with Crippen molar-refractivity contribution in [2.75, 3.05) is 6.61 Å². The maximum atomic E-state index is 13.7. The van der Waals surface area contributed by atoms with E-state index < -0.39 is 23.0 Å². The minimum Gasteiger partial charge on any atom is -0.493 e. The van der Waals surface area contributed by atoms with E-state index in [1.54, 1.807) is 32.0 Å². The van der Waals surface area contributed by atoms with Crippen LogP contribution < -0.4 is 4.74 Å². The van der Waals surface area contributed by atoms with Crippen molar-refractivity contribution in [2.45, 2.75) is 13.8 Å². The summed E-state index contributed by atoms with van der Waals surface area (Å²) in [6.07, 6.45) is 0. The van der Waals surface area contributed by atoms with Crippen molar-refractivity contribution in [1.29, 1.82) is 0 Å². The summed E-state index contributed by atoms with van der Waals surface area (Å²) in [5.74, 6) is -2.14. The second kappa shape index (κ2) is 5.82. The maximum Gasteiger partial charge on any atom is 0.202 e. The van der Waals surface area contributed by atoms with E-state index in [4.69, 9.17) is 4.74 Å². The van der Waals surface area contributed by atoms with E-state index in [-0.39, 0.29) is 5.56 Å². The maximum absolute atomic E-state index is 13.7. The number of ketones is 1. The number of carbonyl (C=O) groups is 1. The first kappa shape index (κ1) is 14.2. The van der Waals surface area contributed by atoms with Crippen LogP contribution in [-0.4, -0.2) is 12.4 Å². The van der Waals surface area contributed by atoms with Crippen molar-refractivity contribution in [3.8, 4) is 5.75 Å². The Hall–Kier alpha value is -2.23. The van der Waals surface area contributed by atoms with E-state index in [1.165, 1.54) is 6.07 Å². The normalized spacial score (nSPS) is 10.4. The summed E-state index contributed by atoms with van der Waals surface area (Å²) < 4.78 is 32.8. The van der Waals surface area contributed by atoms with Gasteiger partial charge in [0.1, 0.15) is 17.4 Å². The molecule has 0 saturated carbocycles. The Bertz CT molecular complexity index is 631. The molecule has 0 fully saturated rings. The molecule has 20 heavy (non-hydrogen) atoms. The molecule has 0 heterocycles. The molecule has 0 aliphatic carbocycles. The van der Waals surface area contributed by atoms with Crippen LogP contribution >= 0.6 is 0 Å². The molecule has 104 valence electrons. The number of rotatable bonds is 4. The van der Waals surface area contributed by atoms with Crippen LogP contribution in [0.3, 0.4) is 0 Å². The first-order chi connectivity index (χ1) is 9.54. The summed E-state index contributed by atoms with van der Waals surface area (Å²) in [7, 11) is 0. The van der Waals surface area contributed by atoms with Crippen molar-refractivity contribution in [1.82, 2.24) is 0 Å². The smallest absolute Gasteiger partial charge is 0.202 e. The lowest BCUT2D eigenvalue weighted by Crippen LogP contribution is -2.10. The third-order valence-corrected chi connectivity index (χ3v) is 2.87. The molecule has 2 aromatic carbocycles. The topological polar surface area (TPSA) is 26.3 Å². The third-order valence-electron chi connectivity index (χ3n) is 2.87. The van der Waals surface area contributed by atoms with Crippen LogP contribution in [0.5, 0.6) is 5.75 Å². The average Bonchev–Trinajstić information content (AvgIpc) is 2.40. The second-order valence-electron chi connectivity index (χ2n) is 4.36. The monoisotopic (exact) mass is 276 g/mol. The summed E-state index contributed by atoms with van der Waals surface area (Å²) in [4.78, 5) is 12.4. The van der Waals surface area contributed by atoms with E-state index >= 15 is 0 Å². The van der Waals surface area contributed by atoms with Gasteiger partial charge in [0.15, 0.2) is 0 Å². The summed E-state index contributed by atoms with van der Waals surface area (Å²) in [5.41, 5.74) is 0.420. The lowest BCUT2D eigenvalue weighted by molar-refractivity contribution is 0.102. The molecule has 0 saturated heterocycles. The number of aryl methyl sites for hydroxylation is 1. The summed E-state index contributed by atoms with van der Waals surface area (Å²) in [5, 5.41) is 0. The van der Waals surface area contributed by atoms with Crippen LogP contribution in [0.4, 0.5) is 8.78 Å². The molecule has 0 atom stereocenters. The predicted octanol–water partition coefficient (Wildman–Crippen LogP) is 3.90. The minimum absolute atomic E-state index is 0.163. The van der Waals surface area contributed by atoms with Gasteiger partial charge in [-0.1, -0.05) is 17.7 Å². The Labute approximate surface area is 116 Å². The van der Waals surface area contributed by atoms with Crippen LogP contribution in [0.25, 0.3) is 0 Å². The van der Waals surface area contributed by atoms with Crippen LogP contribution in [0.2, 0.25) is 0 Å². The standard InChI is InChI=1S/C16H14F2O2/c1-3-20-14-8-7-10(2)9-11(14)16(19)15-12(17)5-4-6-13(15)18/h4-9H,3H2,1-2H3. The van der Waals surface area contributed by atoms with E-state index in [0.717, 1.165) is 17.7 Å². The number of carbonyl (C=O) groups excluding carboxylic acids is 1. The lowest BCUT2D eigenvalue weighted by atomic mass is 9.99. The highest BCUT2D eigenvalue weighted by Gasteiger charge is 2.22. The van der Waals surface area contributed by atoms with Gasteiger partial charge in [0, 0.05) is 0 Å². The number of halogens is 2. The summed E-state index contributed by atoms with van der Waals surface area (Å²) >= 11 is 0. The molecule has 0 radical (unpaired) electrons. The van der Waals surface area contributed by atoms with E-state index in [2.05, 4.69) is 0 Å². The average molecular weight is 276 g/mol. The van der Waals surface area contributed by atoms with Crippen molar-refractivity contribution >= 4 is 5.78 Å². The van der Waals surface area contributed by atoms with Crippen molar-refractivity contribution in [3.63, 3.8) is 0 Å². The molecule has 0 N–H and O–H groups in total. The zero-order valence-electron chi connectivity index (χ0n) is 11.2. The molecule has 0 unspecified atom stereocenters. The van der Waals surface area contributed by atoms with Crippen LogP contribution in [0.15, 0.2) is 36.4 Å². The molecule has 0 amide bonds. The van der Waals surface area contributed by atoms with Crippen molar-refractivity contribution in [2.24, 2.45) is 0 Å². The Morgan fingerprint density at radius 1 is 1.15 bits per heavy atom. The zero-order chi connectivity index (χ0) is 14.7. The Morgan fingerprint density at radius 2 is 1.80 bits per heavy atom. The molecule has 0 aliphatic heterocycles. The van der Waals surface area contributed by atoms with Gasteiger partial charge < -0.3 is 4.74 Å². The van der Waals surface area contributed by atoms with Gasteiger partial charge in [-0.2, -0.15) is 0 Å². The van der Waals surface area contributed by atoms with Gasteiger partial charge in [0.2, 0.25) is 5.78 Å². The fraction of sp³-hybridized carbons (Fsp3) is 0.188. The number of hydrogen-bond acceptors (Lipinski definition) is 2. The molecule has 2 aromatic rings. The summed E-state index contributed by atoms with van der Waals surface area (Å²) in [6, 6.07) is 8.32. The number of ether oxygens (including phenoxy) is 1. The Morgan fingerprint density at radius 3 is 2.40 bits per heavy atom. The first-order valence-electron chi connectivity index (χ1n) is 6.26. The van der Waals surface area contributed by atoms with Crippen LogP contribution in [0, 0.1) is 18.6 Å². The molecule has 0 aliphatic rings. The molecule has 4 heteroatoms. The van der Waals surface area contributed by atoms with Gasteiger partial charge in [0.25, 0.3) is 0 Å². The van der Waals surface area contributed by atoms with Gasteiger partial charge in [0.05, 0.1) is 17.7 Å². The molecule has 2 nitrogen and oxygen atoms in total. The molecule has 0 aromatic heterocycles. The molecule has 0 spiro atoms. The van der Waals surface area contributed by atoms with Crippen LogP contribution in [-0.2, 0) is 0 Å². The lowest BCUT2D eigenvalue weighted by Gasteiger charge is -2.11. The summed E-state index contributed by atoms with van der Waals surface area (Å²) in [6.45, 7) is 3.94. The SMILES string of the molecule is CCOc1ccc(C)cc1C(=O)c1c(F)cccc1F. The van der Waals surface area contributed by atoms with Gasteiger partial charge in [-0.3, -0.25) is 4.79 Å². The van der Waals surface area contributed by atoms with E-state index in [9.17, 15) is 13.6 Å². The van der Waals surface area contributed by atoms with Gasteiger partial charge in [-0.05, 0) is 38.1 Å². The van der Waals surface area contributed by atoms with Gasteiger partial charge in [-0.15, -0.1) is 0 Å². The third kappa shape index (κ3) is 2.69. The largest absolute Gasteiger partial charge is 0.493 e. The van der Waals surface area contributed by atoms with Gasteiger partial charge >= 0.3 is 0 Å². The van der Waals surface area contributed by atoms with Crippen molar-refractivity contribution in [3.05, 3.63) is 64.7 Å². The van der Waals surface area contributed by atoms with Gasteiger partial charge in [-0.25, -0.2) is 8.78 Å². The molecular formula is C16H14F2O2. The highest BCUT2D eigenvalue weighted by Crippen LogP contribution is 2.25. The molecule has 0 bridgehead atoms. The Kier molecular flexibility index (Phi) is 4.13. The molecular weight excluding hydrogens is 262 g/mol. The molecule has 2 rings (SSSR count). The highest BCUT2D eigenvalue weighted by molar-refractivity contribution is 6.11. The van der Waals surface area contributed by atoms with E-state index in [0.29, 0.717) is 12.4 Å². The predicted molar refractivity (Wildman–Crippen MR) is 72.1 cm³/mol. The highest BCUT2D eigenvalue weighted by atomic mass is 19.1. The zero-order valence-corrected chi connectivity index (χ0v) is 11.2. The van der Waals surface area contributed by atoms with Crippen molar-refractivity contribution < 1.29 is 18.3 Å². The first-order valence-corrected chi connectivity index (χ1v) is 6.26. The fourth-order valence-electron chi connectivity index (χ4n) is 1.95. The number of hydrogen-bond donors (Lipinski definition) is 0. The Balaban J connectivity index is 2.56. The fourth-order valence-corrected chi connectivity index (χ4v) is 1.95. The number of benzene rings is 2. The van der Waals surface area contributed by atoms with Crippen LogP contribution in [0.1, 0.15) is 28.4 Å².